The van der Waals surface area contributed by atoms with Crippen LogP contribution in [0.1, 0.15) is 151 Å². The molecule has 11 fully saturated rings. The van der Waals surface area contributed by atoms with Crippen molar-refractivity contribution < 1.29 is 117 Å². The Kier molecular flexibility index (Phi) is 19.5. The molecule has 0 spiro atoms. The molecular formula is C61H95NO25S2. The van der Waals surface area contributed by atoms with Gasteiger partial charge in [-0.2, -0.15) is 16.8 Å². The van der Waals surface area contributed by atoms with Crippen LogP contribution in [0.5, 0.6) is 0 Å². The Bertz CT molecular complexity index is 2860. The number of nitrogens with one attached hydrogen (secondary N) is 1. The van der Waals surface area contributed by atoms with Crippen LogP contribution in [0.4, 0.5) is 0 Å². The summed E-state index contributed by atoms with van der Waals surface area (Å²) in [4.78, 5) is 12.2. The zero-order chi connectivity index (χ0) is 64.2. The van der Waals surface area contributed by atoms with Gasteiger partial charge in [-0.25, -0.2) is 8.37 Å². The molecule has 11 aliphatic heterocycles. The van der Waals surface area contributed by atoms with Crippen molar-refractivity contribution in [3.63, 3.8) is 0 Å². The Labute approximate surface area is 521 Å². The van der Waals surface area contributed by atoms with Gasteiger partial charge in [0.1, 0.15) is 30.0 Å². The van der Waals surface area contributed by atoms with Crippen molar-refractivity contribution in [1.82, 2.24) is 5.32 Å². The first-order valence-corrected chi connectivity index (χ1v) is 34.6. The molecule has 0 bridgehead atoms. The summed E-state index contributed by atoms with van der Waals surface area (Å²) >= 11 is 0. The van der Waals surface area contributed by atoms with Gasteiger partial charge in [0.05, 0.1) is 151 Å². The van der Waals surface area contributed by atoms with Crippen LogP contribution >= 0.6 is 0 Å². The fourth-order valence-corrected chi connectivity index (χ4v) is 17.5. The minimum absolute atomic E-state index is 0.0229. The molecule has 89 heavy (non-hydrogen) atoms. The lowest BCUT2D eigenvalue weighted by molar-refractivity contribution is -0.369. The molecule has 26 nitrogen and oxygen atoms in total. The Morgan fingerprint density at radius 1 is 0.719 bits per heavy atom. The highest BCUT2D eigenvalue weighted by atomic mass is 32.3. The molecule has 28 atom stereocenters. The molecule has 0 aromatic rings. The van der Waals surface area contributed by atoms with E-state index in [-0.39, 0.29) is 75.1 Å². The third-order valence-corrected chi connectivity index (χ3v) is 22.5. The molecule has 11 aliphatic rings. The van der Waals surface area contributed by atoms with Crippen LogP contribution in [0.3, 0.4) is 0 Å². The summed E-state index contributed by atoms with van der Waals surface area (Å²) in [5, 5.41) is 55.8. The minimum Gasteiger partial charge on any atom is -0.394 e. The number of aliphatic hydroxyl groups is 5. The van der Waals surface area contributed by atoms with Crippen molar-refractivity contribution in [1.29, 1.82) is 0 Å². The lowest BCUT2D eigenvalue weighted by Crippen LogP contribution is -2.74. The van der Waals surface area contributed by atoms with E-state index in [1.54, 1.807) is 19.1 Å². The van der Waals surface area contributed by atoms with Crippen LogP contribution in [0.15, 0.2) is 36.5 Å². The molecule has 11 saturated heterocycles. The van der Waals surface area contributed by atoms with Gasteiger partial charge in [-0.15, -0.1) is 0 Å². The Balaban J connectivity index is 0.718. The van der Waals surface area contributed by atoms with Crippen LogP contribution in [0, 0.1) is 5.92 Å². The van der Waals surface area contributed by atoms with E-state index in [2.05, 4.69) is 43.4 Å². The van der Waals surface area contributed by atoms with Crippen LogP contribution in [-0.4, -0.2) is 239 Å². The van der Waals surface area contributed by atoms with E-state index < -0.39 is 171 Å². The van der Waals surface area contributed by atoms with Crippen LogP contribution < -0.4 is 5.32 Å². The van der Waals surface area contributed by atoms with E-state index in [9.17, 15) is 51.2 Å². The number of amides is 1. The minimum atomic E-state index is -4.98. The van der Waals surface area contributed by atoms with Crippen molar-refractivity contribution in [2.24, 2.45) is 5.92 Å². The van der Waals surface area contributed by atoms with E-state index in [0.29, 0.717) is 75.4 Å². The van der Waals surface area contributed by atoms with Gasteiger partial charge in [-0.05, 0) is 98.0 Å². The Morgan fingerprint density at radius 2 is 1.34 bits per heavy atom. The van der Waals surface area contributed by atoms with Gasteiger partial charge in [0.15, 0.2) is 0 Å². The lowest BCUT2D eigenvalue weighted by Gasteiger charge is -2.61. The number of ether oxygens (including phenoxy) is 11. The quantitative estimate of drug-likeness (QED) is 0.0589. The molecule has 8 N–H and O–H groups in total. The third-order valence-electron chi connectivity index (χ3n) is 21.6. The monoisotopic (exact) mass is 1310 g/mol. The van der Waals surface area contributed by atoms with Gasteiger partial charge < -0.3 is 83.0 Å². The van der Waals surface area contributed by atoms with Gasteiger partial charge in [-0.3, -0.25) is 13.9 Å². The largest absolute Gasteiger partial charge is 0.397 e. The molecule has 11 rings (SSSR count). The van der Waals surface area contributed by atoms with Crippen molar-refractivity contribution in [2.45, 2.75) is 313 Å². The smallest absolute Gasteiger partial charge is 0.394 e. The molecule has 0 aromatic heterocycles. The number of carbonyl (C=O) groups is 1. The first kappa shape index (κ1) is 68.2. The Hall–Kier alpha value is -2.21. The lowest BCUT2D eigenvalue weighted by atomic mass is 9.72. The molecule has 11 heterocycles. The highest BCUT2D eigenvalue weighted by Crippen LogP contribution is 2.55. The van der Waals surface area contributed by atoms with E-state index in [4.69, 9.17) is 61.4 Å². The van der Waals surface area contributed by atoms with E-state index in [0.717, 1.165) is 6.42 Å². The number of aliphatic hydroxyl groups excluding tert-OH is 4. The average Bonchev–Trinajstić information content (AvgIpc) is 1.37. The summed E-state index contributed by atoms with van der Waals surface area (Å²) in [5.74, 6) is -0.452. The molecule has 28 unspecified atom stereocenters. The molecule has 0 saturated carbocycles. The first-order valence-electron chi connectivity index (χ1n) is 31.8. The zero-order valence-electron chi connectivity index (χ0n) is 52.0. The molecule has 0 aliphatic carbocycles. The van der Waals surface area contributed by atoms with Crippen LogP contribution in [0.25, 0.3) is 0 Å². The van der Waals surface area contributed by atoms with Crippen LogP contribution in [0.2, 0.25) is 0 Å². The number of hydrogen-bond acceptors (Lipinski definition) is 23. The summed E-state index contributed by atoms with van der Waals surface area (Å²) in [6.07, 6.45) is -3.89. The fourth-order valence-electron chi connectivity index (χ4n) is 16.6. The van der Waals surface area contributed by atoms with Crippen molar-refractivity contribution in [3.05, 3.63) is 36.5 Å². The van der Waals surface area contributed by atoms with Gasteiger partial charge in [0, 0.05) is 57.9 Å². The SMILES string of the molecule is C=C(C=CCC(C)(O)C1OC2CC3OC4CC5OC6CC7OC8CC9OC%10(C)CC%11OC(C)(CCOS(=O)(=O)O)C(OS(=O)(=O)O)CC%11OC%10CC9OC8CCC7(C)OC6(C)CCC(C)C5OC4C(O)C3(C)OC2CC1=C)CC(O)CC(=O)NCC(O)CO. The highest BCUT2D eigenvalue weighted by Gasteiger charge is 2.66. The number of allylic oxidation sites excluding steroid dienone is 1. The highest BCUT2D eigenvalue weighted by molar-refractivity contribution is 7.81. The topological polar surface area (TPSA) is 359 Å². The summed E-state index contributed by atoms with van der Waals surface area (Å²) in [5.41, 5.74) is -5.16. The maximum absolute atomic E-state index is 12.4. The molecule has 0 radical (unpaired) electrons. The van der Waals surface area contributed by atoms with Crippen molar-refractivity contribution in [3.8, 4) is 0 Å². The van der Waals surface area contributed by atoms with Crippen LogP contribution in [-0.2, 0) is 86.1 Å². The second-order valence-corrected chi connectivity index (χ2v) is 30.9. The standard InChI is InChI=1S/C61H95NO25S2/c1-31(19-34(64)21-51(66)62-29-35(65)30-63)11-10-14-56(4,68)55-33(3)20-41-39(81-55)26-50-61(9,85-41)54(67)53-44(80-50)23-43-52(82-53)32(2)12-15-58(6)48(79-43)27-47-59(7,87-58)16-13-36-37(77-47)22-42-38(76-36)24-46-60(8,83-42)28-45-40(78-46)25-49(86-89(72,73)74)57(5,84-45)17-18-75-88(69,70)71/h10-11,32,34-50,52-55,63-65,67-68H,1,3,12-30H2,2,4-9H3,(H,62,66)(H,69,70,71)(H,72,73,74). The van der Waals surface area contributed by atoms with Gasteiger partial charge in [-0.1, -0.05) is 37.8 Å². The predicted molar refractivity (Wildman–Crippen MR) is 311 cm³/mol. The van der Waals surface area contributed by atoms with Crippen molar-refractivity contribution in [2.75, 3.05) is 19.8 Å². The normalized spacial score (nSPS) is 47.7. The van der Waals surface area contributed by atoms with E-state index in [1.165, 1.54) is 6.92 Å². The number of fused-ring (bicyclic) bond motifs is 10. The average molecular weight is 1310 g/mol. The van der Waals surface area contributed by atoms with Gasteiger partial charge >= 0.3 is 20.8 Å². The summed E-state index contributed by atoms with van der Waals surface area (Å²) in [7, 11) is -9.79. The number of hydrogen-bond donors (Lipinski definition) is 8. The van der Waals surface area contributed by atoms with Crippen molar-refractivity contribution >= 4 is 26.7 Å². The van der Waals surface area contributed by atoms with E-state index in [1.807, 2.05) is 13.8 Å². The Morgan fingerprint density at radius 3 is 2.03 bits per heavy atom. The fraction of sp³-hybridized carbons (Fsp3) is 0.885. The maximum Gasteiger partial charge on any atom is 0.397 e. The maximum atomic E-state index is 12.4. The van der Waals surface area contributed by atoms with Gasteiger partial charge in [0.25, 0.3) is 0 Å². The second kappa shape index (κ2) is 25.4. The molecule has 28 heteroatoms. The third kappa shape index (κ3) is 14.4. The molecule has 1 amide bonds. The number of rotatable bonds is 17. The van der Waals surface area contributed by atoms with Gasteiger partial charge in [0.2, 0.25) is 5.91 Å². The first-order chi connectivity index (χ1) is 41.6. The summed E-state index contributed by atoms with van der Waals surface area (Å²) in [6.45, 7) is 20.6. The zero-order valence-corrected chi connectivity index (χ0v) is 53.6. The summed E-state index contributed by atoms with van der Waals surface area (Å²) in [6, 6.07) is 0. The van der Waals surface area contributed by atoms with E-state index >= 15 is 0 Å². The predicted octanol–water partition coefficient (Wildman–Crippen LogP) is 2.87. The summed E-state index contributed by atoms with van der Waals surface area (Å²) < 4.78 is 152. The molecular weight excluding hydrogens is 1210 g/mol. The molecule has 0 aromatic carbocycles. The number of carbonyl (C=O) groups excluding carboxylic acids is 1. The molecule has 506 valence electrons. The second-order valence-electron chi connectivity index (χ2n) is 28.8.